The summed E-state index contributed by atoms with van der Waals surface area (Å²) < 4.78 is 5.35. The topological polar surface area (TPSA) is 58.7 Å². The minimum Gasteiger partial charge on any atom is -0.508 e. The fraction of sp³-hybridized carbons (Fsp3) is 0.217. The Morgan fingerprint density at radius 3 is 2.00 bits per heavy atom. The van der Waals surface area contributed by atoms with Gasteiger partial charge in [0.15, 0.2) is 0 Å². The Kier molecular flexibility index (Phi) is 6.47. The first-order valence-electron chi connectivity index (χ1n) is 9.07. The lowest BCUT2D eigenvalue weighted by Crippen LogP contribution is -2.22. The molecular weight excluding hydrogens is 336 g/mol. The molecule has 4 nitrogen and oxygen atoms in total. The minimum absolute atomic E-state index is 0.293. The van der Waals surface area contributed by atoms with E-state index in [-0.39, 0.29) is 0 Å². The van der Waals surface area contributed by atoms with Crippen molar-refractivity contribution in [2.75, 3.05) is 7.11 Å². The first kappa shape index (κ1) is 19.0. The number of hydrogen-bond donors (Lipinski definition) is 2. The van der Waals surface area contributed by atoms with E-state index in [9.17, 15) is 5.11 Å². The van der Waals surface area contributed by atoms with Gasteiger partial charge >= 0.3 is 0 Å². The Bertz CT molecular complexity index is 862. The second-order valence-electron chi connectivity index (χ2n) is 6.69. The number of nitrogens with zero attached hydrogens (tertiary/aromatic N) is 1. The maximum atomic E-state index is 9.78. The molecule has 0 saturated carbocycles. The summed E-state index contributed by atoms with van der Waals surface area (Å²) in [4.78, 5) is 2.35. The number of ether oxygens (including phenoxy) is 1. The summed E-state index contributed by atoms with van der Waals surface area (Å²) >= 11 is 0. The van der Waals surface area contributed by atoms with Crippen LogP contribution in [0.5, 0.6) is 11.5 Å². The number of benzene rings is 3. The van der Waals surface area contributed by atoms with Crippen LogP contribution in [0.25, 0.3) is 0 Å². The summed E-state index contributed by atoms with van der Waals surface area (Å²) in [7, 11) is 1.68. The Labute approximate surface area is 160 Å². The van der Waals surface area contributed by atoms with Crippen LogP contribution in [-0.2, 0) is 26.2 Å². The molecule has 0 heterocycles. The van der Waals surface area contributed by atoms with E-state index in [1.165, 1.54) is 11.1 Å². The number of methoxy groups -OCH3 is 1. The molecule has 0 spiro atoms. The zero-order valence-corrected chi connectivity index (χ0v) is 15.6. The Morgan fingerprint density at radius 1 is 0.778 bits per heavy atom. The molecule has 0 fully saturated rings. The molecule has 0 aromatic heterocycles. The molecule has 3 N–H and O–H groups in total. The van der Waals surface area contributed by atoms with Gasteiger partial charge in [0, 0.05) is 26.2 Å². The van der Waals surface area contributed by atoms with Crippen LogP contribution in [0.3, 0.4) is 0 Å². The van der Waals surface area contributed by atoms with Gasteiger partial charge in [0.2, 0.25) is 0 Å². The van der Waals surface area contributed by atoms with Gasteiger partial charge in [0.1, 0.15) is 11.5 Å². The molecule has 0 saturated heterocycles. The smallest absolute Gasteiger partial charge is 0.119 e. The van der Waals surface area contributed by atoms with Crippen molar-refractivity contribution in [3.8, 4) is 11.5 Å². The van der Waals surface area contributed by atoms with Crippen molar-refractivity contribution in [2.24, 2.45) is 5.73 Å². The van der Waals surface area contributed by atoms with Crippen LogP contribution in [0, 0.1) is 0 Å². The molecule has 0 bridgehead atoms. The van der Waals surface area contributed by atoms with Crippen molar-refractivity contribution in [3.63, 3.8) is 0 Å². The lowest BCUT2D eigenvalue weighted by molar-refractivity contribution is 0.247. The number of aromatic hydroxyl groups is 1. The maximum absolute atomic E-state index is 9.78. The second kappa shape index (κ2) is 9.21. The number of hydrogen-bond acceptors (Lipinski definition) is 4. The standard InChI is InChI=1S/C23H26N2O2/c1-27-23-7-3-5-21(13-23)17-25(16-20-4-2-6-22(26)12-20)15-19-10-8-18(14-24)9-11-19/h2-13,26H,14-17,24H2,1H3. The van der Waals surface area contributed by atoms with Crippen LogP contribution in [0.4, 0.5) is 0 Å². The van der Waals surface area contributed by atoms with E-state index in [0.29, 0.717) is 12.3 Å². The molecule has 0 atom stereocenters. The molecule has 0 aliphatic heterocycles. The normalized spacial score (nSPS) is 10.9. The van der Waals surface area contributed by atoms with Crippen molar-refractivity contribution < 1.29 is 9.84 Å². The largest absolute Gasteiger partial charge is 0.508 e. The summed E-state index contributed by atoms with van der Waals surface area (Å²) in [6, 6.07) is 24.0. The van der Waals surface area contributed by atoms with E-state index in [0.717, 1.165) is 36.5 Å². The van der Waals surface area contributed by atoms with Crippen LogP contribution < -0.4 is 10.5 Å². The van der Waals surface area contributed by atoms with E-state index in [1.54, 1.807) is 13.2 Å². The number of phenolic OH excluding ortho intramolecular Hbond substituents is 1. The number of nitrogens with two attached hydrogens (primary N) is 1. The predicted molar refractivity (Wildman–Crippen MR) is 108 cm³/mol. The van der Waals surface area contributed by atoms with E-state index >= 15 is 0 Å². The van der Waals surface area contributed by atoms with Crippen LogP contribution in [0.15, 0.2) is 72.8 Å². The lowest BCUT2D eigenvalue weighted by Gasteiger charge is -2.23. The van der Waals surface area contributed by atoms with Crippen LogP contribution in [0.2, 0.25) is 0 Å². The average molecular weight is 362 g/mol. The van der Waals surface area contributed by atoms with E-state index in [4.69, 9.17) is 10.5 Å². The zero-order valence-electron chi connectivity index (χ0n) is 15.6. The van der Waals surface area contributed by atoms with Gasteiger partial charge in [0.05, 0.1) is 7.11 Å². The van der Waals surface area contributed by atoms with Gasteiger partial charge < -0.3 is 15.6 Å². The van der Waals surface area contributed by atoms with E-state index in [1.807, 2.05) is 30.3 Å². The summed E-state index contributed by atoms with van der Waals surface area (Å²) in [5.74, 6) is 1.15. The number of rotatable bonds is 8. The fourth-order valence-electron chi connectivity index (χ4n) is 3.15. The Morgan fingerprint density at radius 2 is 1.37 bits per heavy atom. The van der Waals surface area contributed by atoms with E-state index in [2.05, 4.69) is 41.3 Å². The van der Waals surface area contributed by atoms with Crippen molar-refractivity contribution in [2.45, 2.75) is 26.2 Å². The molecule has 140 valence electrons. The van der Waals surface area contributed by atoms with E-state index < -0.39 is 0 Å². The quantitative estimate of drug-likeness (QED) is 0.634. The molecule has 3 aromatic rings. The SMILES string of the molecule is COc1cccc(CN(Cc2ccc(CN)cc2)Cc2cccc(O)c2)c1. The van der Waals surface area contributed by atoms with Crippen molar-refractivity contribution in [1.82, 2.24) is 4.90 Å². The monoisotopic (exact) mass is 362 g/mol. The summed E-state index contributed by atoms with van der Waals surface area (Å²) in [6.45, 7) is 2.88. The second-order valence-corrected chi connectivity index (χ2v) is 6.69. The first-order chi connectivity index (χ1) is 13.2. The Balaban J connectivity index is 1.80. The molecule has 3 aromatic carbocycles. The molecule has 0 aliphatic rings. The highest BCUT2D eigenvalue weighted by molar-refractivity contribution is 5.30. The van der Waals surface area contributed by atoms with Crippen molar-refractivity contribution in [1.29, 1.82) is 0 Å². The highest BCUT2D eigenvalue weighted by atomic mass is 16.5. The predicted octanol–water partition coefficient (Wildman–Crippen LogP) is 4.06. The fourth-order valence-corrected chi connectivity index (χ4v) is 3.15. The van der Waals surface area contributed by atoms with Gasteiger partial charge in [-0.25, -0.2) is 0 Å². The summed E-state index contributed by atoms with van der Waals surface area (Å²) in [6.07, 6.45) is 0. The van der Waals surface area contributed by atoms with Gasteiger partial charge in [-0.1, -0.05) is 48.5 Å². The molecule has 3 rings (SSSR count). The zero-order chi connectivity index (χ0) is 19.1. The highest BCUT2D eigenvalue weighted by Crippen LogP contribution is 2.19. The molecule has 4 heteroatoms. The molecule has 0 radical (unpaired) electrons. The van der Waals surface area contributed by atoms with Gasteiger partial charge in [-0.15, -0.1) is 0 Å². The third-order valence-electron chi connectivity index (χ3n) is 4.52. The Hall–Kier alpha value is -2.82. The number of phenols is 1. The summed E-state index contributed by atoms with van der Waals surface area (Å²) in [5, 5.41) is 9.78. The maximum Gasteiger partial charge on any atom is 0.119 e. The van der Waals surface area contributed by atoms with Gasteiger partial charge in [-0.3, -0.25) is 4.90 Å². The molecule has 27 heavy (non-hydrogen) atoms. The molecule has 0 unspecified atom stereocenters. The lowest BCUT2D eigenvalue weighted by atomic mass is 10.1. The molecular formula is C23H26N2O2. The third-order valence-corrected chi connectivity index (χ3v) is 4.52. The molecule has 0 amide bonds. The molecule has 0 aliphatic carbocycles. The van der Waals surface area contributed by atoms with Crippen LogP contribution in [0.1, 0.15) is 22.3 Å². The van der Waals surface area contributed by atoms with Crippen LogP contribution >= 0.6 is 0 Å². The van der Waals surface area contributed by atoms with Gasteiger partial charge in [-0.2, -0.15) is 0 Å². The van der Waals surface area contributed by atoms with Crippen molar-refractivity contribution in [3.05, 3.63) is 95.1 Å². The van der Waals surface area contributed by atoms with Gasteiger partial charge in [0.25, 0.3) is 0 Å². The third kappa shape index (κ3) is 5.58. The average Bonchev–Trinajstić information content (AvgIpc) is 2.69. The minimum atomic E-state index is 0.293. The summed E-state index contributed by atoms with van der Waals surface area (Å²) in [5.41, 5.74) is 10.3. The first-order valence-corrected chi connectivity index (χ1v) is 9.07. The van der Waals surface area contributed by atoms with Crippen LogP contribution in [-0.4, -0.2) is 17.1 Å². The van der Waals surface area contributed by atoms with Gasteiger partial charge in [-0.05, 0) is 46.5 Å². The highest BCUT2D eigenvalue weighted by Gasteiger charge is 2.10. The van der Waals surface area contributed by atoms with Crippen molar-refractivity contribution >= 4 is 0 Å².